The van der Waals surface area contributed by atoms with Crippen LogP contribution in [0.4, 0.5) is 5.69 Å². The van der Waals surface area contributed by atoms with E-state index in [0.717, 1.165) is 22.1 Å². The summed E-state index contributed by atoms with van der Waals surface area (Å²) in [7, 11) is 0. The van der Waals surface area contributed by atoms with Crippen LogP contribution in [-0.2, 0) is 5.54 Å². The number of aliphatic hydroxyl groups is 1. The molecule has 0 aliphatic carbocycles. The van der Waals surface area contributed by atoms with E-state index in [4.69, 9.17) is 11.6 Å². The summed E-state index contributed by atoms with van der Waals surface area (Å²) in [5.41, 5.74) is 1.49. The van der Waals surface area contributed by atoms with Gasteiger partial charge in [0.25, 0.3) is 0 Å². The molecular formula is C16H17BrClNO. The van der Waals surface area contributed by atoms with E-state index in [-0.39, 0.29) is 6.61 Å². The van der Waals surface area contributed by atoms with Gasteiger partial charge in [0.15, 0.2) is 0 Å². The number of benzene rings is 2. The molecule has 0 saturated heterocycles. The zero-order chi connectivity index (χ0) is 14.6. The van der Waals surface area contributed by atoms with Gasteiger partial charge in [-0.05, 0) is 48.4 Å². The lowest BCUT2D eigenvalue weighted by molar-refractivity contribution is 0.207. The van der Waals surface area contributed by atoms with Crippen LogP contribution in [0.2, 0.25) is 5.02 Å². The Balaban J connectivity index is 2.33. The largest absolute Gasteiger partial charge is 0.394 e. The first-order valence-corrected chi connectivity index (χ1v) is 7.67. The van der Waals surface area contributed by atoms with Crippen molar-refractivity contribution in [1.29, 1.82) is 0 Å². The molecule has 0 bridgehead atoms. The maximum absolute atomic E-state index is 9.91. The first-order valence-electron chi connectivity index (χ1n) is 6.50. The van der Waals surface area contributed by atoms with Crippen molar-refractivity contribution in [2.24, 2.45) is 0 Å². The predicted molar refractivity (Wildman–Crippen MR) is 88.3 cm³/mol. The maximum atomic E-state index is 9.91. The van der Waals surface area contributed by atoms with Crippen LogP contribution in [0.5, 0.6) is 0 Å². The second-order valence-electron chi connectivity index (χ2n) is 4.73. The summed E-state index contributed by atoms with van der Waals surface area (Å²) in [6.07, 6.45) is 0.765. The summed E-state index contributed by atoms with van der Waals surface area (Å²) in [6.45, 7) is 2.07. The van der Waals surface area contributed by atoms with E-state index in [0.29, 0.717) is 5.02 Å². The second-order valence-corrected chi connectivity index (χ2v) is 6.08. The highest BCUT2D eigenvalue weighted by Crippen LogP contribution is 2.30. The molecule has 2 aromatic rings. The minimum absolute atomic E-state index is 0.0151. The molecule has 0 aliphatic heterocycles. The van der Waals surface area contributed by atoms with Crippen LogP contribution < -0.4 is 5.32 Å². The first kappa shape index (κ1) is 15.4. The van der Waals surface area contributed by atoms with E-state index >= 15 is 0 Å². The quantitative estimate of drug-likeness (QED) is 0.807. The van der Waals surface area contributed by atoms with Crippen molar-refractivity contribution in [3.05, 3.63) is 63.6 Å². The lowest BCUT2D eigenvalue weighted by Gasteiger charge is -2.34. The molecule has 1 atom stereocenters. The molecule has 106 valence electrons. The van der Waals surface area contributed by atoms with Gasteiger partial charge in [0.1, 0.15) is 0 Å². The molecule has 1 unspecified atom stereocenters. The Morgan fingerprint density at radius 1 is 1.10 bits per heavy atom. The summed E-state index contributed by atoms with van der Waals surface area (Å²) in [5.74, 6) is 0. The van der Waals surface area contributed by atoms with Gasteiger partial charge >= 0.3 is 0 Å². The Morgan fingerprint density at radius 3 is 2.20 bits per heavy atom. The monoisotopic (exact) mass is 353 g/mol. The zero-order valence-electron chi connectivity index (χ0n) is 11.2. The topological polar surface area (TPSA) is 32.3 Å². The molecule has 2 nitrogen and oxygen atoms in total. The maximum Gasteiger partial charge on any atom is 0.0854 e. The van der Waals surface area contributed by atoms with Crippen molar-refractivity contribution >= 4 is 33.2 Å². The molecule has 2 aromatic carbocycles. The summed E-state index contributed by atoms with van der Waals surface area (Å²) in [5, 5.41) is 14.0. The van der Waals surface area contributed by atoms with Crippen LogP contribution in [0.25, 0.3) is 0 Å². The molecule has 2 rings (SSSR count). The van der Waals surface area contributed by atoms with E-state index in [1.807, 2.05) is 48.5 Å². The van der Waals surface area contributed by atoms with Gasteiger partial charge in [-0.15, -0.1) is 0 Å². The van der Waals surface area contributed by atoms with E-state index in [1.165, 1.54) is 0 Å². The van der Waals surface area contributed by atoms with Crippen LogP contribution in [0.1, 0.15) is 18.9 Å². The number of anilines is 1. The van der Waals surface area contributed by atoms with Crippen LogP contribution in [0.3, 0.4) is 0 Å². The third-order valence-corrected chi connectivity index (χ3v) is 4.28. The van der Waals surface area contributed by atoms with Crippen molar-refractivity contribution < 1.29 is 5.11 Å². The fourth-order valence-electron chi connectivity index (χ4n) is 2.19. The number of hydrogen-bond donors (Lipinski definition) is 2. The Morgan fingerprint density at radius 2 is 1.70 bits per heavy atom. The van der Waals surface area contributed by atoms with Gasteiger partial charge in [0.05, 0.1) is 12.1 Å². The molecule has 0 heterocycles. The molecule has 0 fully saturated rings. The lowest BCUT2D eigenvalue weighted by atomic mass is 9.87. The van der Waals surface area contributed by atoms with Crippen molar-refractivity contribution in [1.82, 2.24) is 0 Å². The number of hydrogen-bond acceptors (Lipinski definition) is 2. The van der Waals surface area contributed by atoms with Crippen molar-refractivity contribution in [2.45, 2.75) is 18.9 Å². The second kappa shape index (κ2) is 6.61. The predicted octanol–water partition coefficient (Wildman–Crippen LogP) is 4.81. The van der Waals surface area contributed by atoms with Crippen LogP contribution in [0, 0.1) is 0 Å². The highest BCUT2D eigenvalue weighted by atomic mass is 79.9. The minimum Gasteiger partial charge on any atom is -0.394 e. The van der Waals surface area contributed by atoms with Crippen LogP contribution in [0.15, 0.2) is 53.0 Å². The average molecular weight is 355 g/mol. The van der Waals surface area contributed by atoms with E-state index in [9.17, 15) is 5.11 Å². The van der Waals surface area contributed by atoms with Crippen molar-refractivity contribution in [3.8, 4) is 0 Å². The Bertz CT molecular complexity index is 550. The van der Waals surface area contributed by atoms with Gasteiger partial charge in [-0.2, -0.15) is 0 Å². The summed E-state index contributed by atoms with van der Waals surface area (Å²) in [4.78, 5) is 0. The van der Waals surface area contributed by atoms with Crippen LogP contribution in [-0.4, -0.2) is 11.7 Å². The number of halogens is 2. The first-order chi connectivity index (χ1) is 9.59. The highest BCUT2D eigenvalue weighted by molar-refractivity contribution is 9.10. The average Bonchev–Trinajstić information content (AvgIpc) is 2.48. The number of nitrogens with one attached hydrogen (secondary N) is 1. The third-order valence-electron chi connectivity index (χ3n) is 3.50. The van der Waals surface area contributed by atoms with Crippen molar-refractivity contribution in [3.63, 3.8) is 0 Å². The molecule has 0 saturated carbocycles. The normalized spacial score (nSPS) is 13.8. The van der Waals surface area contributed by atoms with Gasteiger partial charge in [-0.1, -0.05) is 46.6 Å². The Kier molecular flexibility index (Phi) is 5.08. The third kappa shape index (κ3) is 3.35. The molecule has 4 heteroatoms. The molecule has 0 aliphatic rings. The summed E-state index contributed by atoms with van der Waals surface area (Å²) < 4.78 is 1.03. The van der Waals surface area contributed by atoms with Gasteiger partial charge in [0.2, 0.25) is 0 Å². The number of rotatable bonds is 5. The number of aliphatic hydroxyl groups excluding tert-OH is 1. The fourth-order valence-corrected chi connectivity index (χ4v) is 2.58. The Hall–Kier alpha value is -1.03. The molecule has 0 radical (unpaired) electrons. The van der Waals surface area contributed by atoms with Gasteiger partial charge in [-0.25, -0.2) is 0 Å². The molecule has 0 aromatic heterocycles. The van der Waals surface area contributed by atoms with E-state index in [1.54, 1.807) is 0 Å². The SMILES string of the molecule is CCC(CO)(Nc1ccc(Br)cc1)c1ccc(Cl)cc1. The van der Waals surface area contributed by atoms with Gasteiger partial charge in [-0.3, -0.25) is 0 Å². The fraction of sp³-hybridized carbons (Fsp3) is 0.250. The molecule has 0 amide bonds. The van der Waals surface area contributed by atoms with Gasteiger partial charge < -0.3 is 10.4 Å². The minimum atomic E-state index is -0.502. The smallest absolute Gasteiger partial charge is 0.0854 e. The molecule has 2 N–H and O–H groups in total. The zero-order valence-corrected chi connectivity index (χ0v) is 13.6. The van der Waals surface area contributed by atoms with Crippen molar-refractivity contribution in [2.75, 3.05) is 11.9 Å². The lowest BCUT2D eigenvalue weighted by Crippen LogP contribution is -2.38. The molecule has 0 spiro atoms. The van der Waals surface area contributed by atoms with Gasteiger partial charge in [0, 0.05) is 15.2 Å². The van der Waals surface area contributed by atoms with Crippen LogP contribution >= 0.6 is 27.5 Å². The van der Waals surface area contributed by atoms with E-state index in [2.05, 4.69) is 28.2 Å². The van der Waals surface area contributed by atoms with E-state index < -0.39 is 5.54 Å². The summed E-state index contributed by atoms with van der Waals surface area (Å²) >= 11 is 9.36. The molecule has 20 heavy (non-hydrogen) atoms. The standard InChI is InChI=1S/C16H17BrClNO/c1-2-16(11-20,12-3-7-14(18)8-4-12)19-15-9-5-13(17)6-10-15/h3-10,19-20H,2,11H2,1H3. The molecular weight excluding hydrogens is 338 g/mol. The summed E-state index contributed by atoms with van der Waals surface area (Å²) in [6, 6.07) is 15.5. The Labute approximate surface area is 132 Å². The highest BCUT2D eigenvalue weighted by Gasteiger charge is 2.29.